The van der Waals surface area contributed by atoms with Crippen molar-refractivity contribution in [1.82, 2.24) is 9.97 Å². The predicted octanol–water partition coefficient (Wildman–Crippen LogP) is 2.44. The van der Waals surface area contributed by atoms with Crippen LogP contribution in [0.25, 0.3) is 16.6 Å². The molecular formula is C20H18N4O3. The number of methoxy groups -OCH3 is 1. The molecule has 2 aliphatic rings. The van der Waals surface area contributed by atoms with Crippen LogP contribution in [-0.4, -0.2) is 35.5 Å². The molecule has 5 rings (SSSR count). The van der Waals surface area contributed by atoms with E-state index in [0.717, 1.165) is 16.7 Å². The standard InChI is InChI=1S/C20H18N4O3/c1-26-11-6-7-16-15(10-11)24-14(8-9-27-16)18(25)17(19(24)21)20-22-12-4-2-3-5-13(12)23-20/h2-7,10,14H,8-9,21H2,1H3,(H,22,23)/t14-/m1/s1. The van der Waals surface area contributed by atoms with Crippen LogP contribution in [0.15, 0.2) is 48.3 Å². The number of ether oxygens (including phenoxy) is 2. The highest BCUT2D eigenvalue weighted by atomic mass is 16.5. The number of nitrogens with one attached hydrogen (secondary N) is 1. The van der Waals surface area contributed by atoms with Crippen molar-refractivity contribution in [2.75, 3.05) is 18.6 Å². The van der Waals surface area contributed by atoms with Crippen molar-refractivity contribution in [3.8, 4) is 11.5 Å². The normalized spacial score (nSPS) is 18.9. The van der Waals surface area contributed by atoms with Crippen molar-refractivity contribution in [1.29, 1.82) is 0 Å². The SMILES string of the molecule is COc1ccc2c(c1)N1C(N)=C(c3nc4ccccc4[nH]3)C(=O)[C@H]1CCO2. The number of para-hydroxylation sites is 2. The molecule has 7 heteroatoms. The zero-order valence-corrected chi connectivity index (χ0v) is 14.7. The van der Waals surface area contributed by atoms with Crippen LogP contribution in [0.2, 0.25) is 0 Å². The number of imidazole rings is 1. The van der Waals surface area contributed by atoms with E-state index in [1.54, 1.807) is 7.11 Å². The van der Waals surface area contributed by atoms with Gasteiger partial charge < -0.3 is 25.1 Å². The smallest absolute Gasteiger partial charge is 0.193 e. The van der Waals surface area contributed by atoms with Gasteiger partial charge in [-0.15, -0.1) is 0 Å². The Hall–Kier alpha value is -3.48. The number of nitrogens with two attached hydrogens (primary N) is 1. The molecule has 0 radical (unpaired) electrons. The summed E-state index contributed by atoms with van der Waals surface area (Å²) in [4.78, 5) is 22.8. The number of aromatic amines is 1. The molecule has 7 nitrogen and oxygen atoms in total. The van der Waals surface area contributed by atoms with Crippen molar-refractivity contribution in [3.63, 3.8) is 0 Å². The number of rotatable bonds is 2. The number of carbonyl (C=O) groups is 1. The molecule has 3 aromatic rings. The van der Waals surface area contributed by atoms with E-state index in [9.17, 15) is 4.79 Å². The average Bonchev–Trinajstić information content (AvgIpc) is 3.13. The second kappa shape index (κ2) is 5.77. The fraction of sp³-hybridized carbons (Fsp3) is 0.200. The molecule has 3 N–H and O–H groups in total. The Balaban J connectivity index is 1.68. The third-order valence-electron chi connectivity index (χ3n) is 5.08. The molecular weight excluding hydrogens is 344 g/mol. The lowest BCUT2D eigenvalue weighted by molar-refractivity contribution is -0.114. The average molecular weight is 362 g/mol. The number of ketones is 1. The molecule has 0 unspecified atom stereocenters. The molecule has 0 saturated heterocycles. The maximum atomic E-state index is 13.2. The lowest BCUT2D eigenvalue weighted by Gasteiger charge is -2.25. The number of hydrogen-bond donors (Lipinski definition) is 2. The van der Waals surface area contributed by atoms with E-state index in [4.69, 9.17) is 15.2 Å². The molecule has 136 valence electrons. The molecule has 0 spiro atoms. The summed E-state index contributed by atoms with van der Waals surface area (Å²) in [5.74, 6) is 2.18. The van der Waals surface area contributed by atoms with Crippen molar-refractivity contribution >= 4 is 28.1 Å². The number of carbonyl (C=O) groups excluding carboxylic acids is 1. The van der Waals surface area contributed by atoms with Gasteiger partial charge in [0.05, 0.1) is 30.4 Å². The van der Waals surface area contributed by atoms with Gasteiger partial charge in [0.15, 0.2) is 5.78 Å². The third-order valence-corrected chi connectivity index (χ3v) is 5.08. The van der Waals surface area contributed by atoms with Gasteiger partial charge in [0.2, 0.25) is 0 Å². The molecule has 0 saturated carbocycles. The second-order valence-electron chi connectivity index (χ2n) is 6.58. The molecule has 2 aromatic carbocycles. The summed E-state index contributed by atoms with van der Waals surface area (Å²) in [7, 11) is 1.60. The highest BCUT2D eigenvalue weighted by molar-refractivity contribution is 6.28. The zero-order chi connectivity index (χ0) is 18.5. The Morgan fingerprint density at radius 3 is 2.96 bits per heavy atom. The van der Waals surface area contributed by atoms with Crippen molar-refractivity contribution in [3.05, 3.63) is 54.1 Å². The Morgan fingerprint density at radius 2 is 2.15 bits per heavy atom. The largest absolute Gasteiger partial charge is 0.497 e. The summed E-state index contributed by atoms with van der Waals surface area (Å²) in [6.45, 7) is 0.437. The molecule has 1 atom stereocenters. The number of anilines is 1. The first kappa shape index (κ1) is 15.7. The molecule has 27 heavy (non-hydrogen) atoms. The summed E-state index contributed by atoms with van der Waals surface area (Å²) >= 11 is 0. The number of fused-ring (bicyclic) bond motifs is 4. The van der Waals surface area contributed by atoms with E-state index in [1.807, 2.05) is 47.4 Å². The summed E-state index contributed by atoms with van der Waals surface area (Å²) in [6.07, 6.45) is 0.542. The van der Waals surface area contributed by atoms with Crippen molar-refractivity contribution in [2.45, 2.75) is 12.5 Å². The van der Waals surface area contributed by atoms with E-state index in [1.165, 1.54) is 0 Å². The number of nitrogens with zero attached hydrogens (tertiary/aromatic N) is 2. The molecule has 0 aliphatic carbocycles. The Labute approximate surface area is 155 Å². The second-order valence-corrected chi connectivity index (χ2v) is 6.58. The Bertz CT molecular complexity index is 1070. The van der Waals surface area contributed by atoms with Gasteiger partial charge in [0, 0.05) is 12.5 Å². The quantitative estimate of drug-likeness (QED) is 0.727. The summed E-state index contributed by atoms with van der Waals surface area (Å²) < 4.78 is 11.2. The molecule has 0 amide bonds. The van der Waals surface area contributed by atoms with Crippen molar-refractivity contribution in [2.24, 2.45) is 5.73 Å². The molecule has 0 bridgehead atoms. The minimum Gasteiger partial charge on any atom is -0.497 e. The van der Waals surface area contributed by atoms with E-state index in [-0.39, 0.29) is 5.78 Å². The van der Waals surface area contributed by atoms with Gasteiger partial charge in [0.25, 0.3) is 0 Å². The monoisotopic (exact) mass is 362 g/mol. The predicted molar refractivity (Wildman–Crippen MR) is 102 cm³/mol. The third kappa shape index (κ3) is 2.28. The Kier molecular flexibility index (Phi) is 3.36. The molecule has 2 aliphatic heterocycles. The number of hydrogen-bond acceptors (Lipinski definition) is 6. The number of aromatic nitrogens is 2. The van der Waals surface area contributed by atoms with Gasteiger partial charge in [-0.1, -0.05) is 12.1 Å². The summed E-state index contributed by atoms with van der Waals surface area (Å²) in [6, 6.07) is 12.8. The van der Waals surface area contributed by atoms with Crippen LogP contribution in [0, 0.1) is 0 Å². The number of Topliss-reactive ketones (excluding diaryl/α,β-unsaturated/α-hetero) is 1. The van der Waals surface area contributed by atoms with E-state index in [0.29, 0.717) is 41.7 Å². The molecule has 0 fully saturated rings. The lowest BCUT2D eigenvalue weighted by atomic mass is 10.1. The van der Waals surface area contributed by atoms with Gasteiger partial charge >= 0.3 is 0 Å². The first-order chi connectivity index (χ1) is 13.2. The maximum Gasteiger partial charge on any atom is 0.193 e. The van der Waals surface area contributed by atoms with Crippen LogP contribution in [0.5, 0.6) is 11.5 Å². The van der Waals surface area contributed by atoms with Crippen LogP contribution < -0.4 is 20.1 Å². The van der Waals surface area contributed by atoms with Crippen molar-refractivity contribution < 1.29 is 14.3 Å². The Morgan fingerprint density at radius 1 is 1.30 bits per heavy atom. The minimum atomic E-state index is -0.415. The van der Waals surface area contributed by atoms with Crippen LogP contribution >= 0.6 is 0 Å². The van der Waals surface area contributed by atoms with Gasteiger partial charge in [-0.2, -0.15) is 0 Å². The minimum absolute atomic E-state index is 0.0502. The van der Waals surface area contributed by atoms with Gasteiger partial charge in [-0.25, -0.2) is 4.98 Å². The summed E-state index contributed by atoms with van der Waals surface area (Å²) in [5, 5.41) is 0. The highest BCUT2D eigenvalue weighted by Gasteiger charge is 2.43. The maximum absolute atomic E-state index is 13.2. The summed E-state index contributed by atoms with van der Waals surface area (Å²) in [5.41, 5.74) is 9.30. The zero-order valence-electron chi connectivity index (χ0n) is 14.7. The topological polar surface area (TPSA) is 93.5 Å². The fourth-order valence-corrected chi connectivity index (χ4v) is 3.78. The van der Waals surface area contributed by atoms with Crippen LogP contribution in [0.1, 0.15) is 12.2 Å². The highest BCUT2D eigenvalue weighted by Crippen LogP contribution is 2.43. The number of benzene rings is 2. The first-order valence-electron chi connectivity index (χ1n) is 8.76. The van der Waals surface area contributed by atoms with E-state index >= 15 is 0 Å². The van der Waals surface area contributed by atoms with Crippen LogP contribution in [-0.2, 0) is 4.79 Å². The van der Waals surface area contributed by atoms with E-state index in [2.05, 4.69) is 9.97 Å². The van der Waals surface area contributed by atoms with Crippen LogP contribution in [0.3, 0.4) is 0 Å². The molecule has 3 heterocycles. The first-order valence-corrected chi connectivity index (χ1v) is 8.76. The van der Waals surface area contributed by atoms with Crippen LogP contribution in [0.4, 0.5) is 5.69 Å². The van der Waals surface area contributed by atoms with E-state index < -0.39 is 6.04 Å². The lowest BCUT2D eigenvalue weighted by Crippen LogP contribution is -2.36. The fourth-order valence-electron chi connectivity index (χ4n) is 3.78. The molecule has 1 aromatic heterocycles. The van der Waals surface area contributed by atoms with Gasteiger partial charge in [0.1, 0.15) is 34.8 Å². The number of H-pyrrole nitrogens is 1. The van der Waals surface area contributed by atoms with Gasteiger partial charge in [-0.05, 0) is 24.3 Å². The van der Waals surface area contributed by atoms with Gasteiger partial charge in [-0.3, -0.25) is 4.79 Å².